The van der Waals surface area contributed by atoms with Gasteiger partial charge in [-0.2, -0.15) is 5.48 Å². The average Bonchev–Trinajstić information content (AvgIpc) is 2.16. The van der Waals surface area contributed by atoms with E-state index in [-0.39, 0.29) is 17.8 Å². The van der Waals surface area contributed by atoms with Crippen molar-refractivity contribution in [1.82, 2.24) is 5.48 Å². The van der Waals surface area contributed by atoms with Crippen LogP contribution < -0.4 is 5.48 Å². The van der Waals surface area contributed by atoms with E-state index in [9.17, 15) is 4.79 Å². The minimum atomic E-state index is -0.350. The number of hydrogen-bond donors (Lipinski definition) is 1. The van der Waals surface area contributed by atoms with Crippen molar-refractivity contribution in [3.05, 3.63) is 11.8 Å². The number of allylic oxidation sites excluding steroid dienone is 1. The molecule has 0 saturated heterocycles. The van der Waals surface area contributed by atoms with E-state index < -0.39 is 0 Å². The summed E-state index contributed by atoms with van der Waals surface area (Å²) in [4.78, 5) is 16.6. The van der Waals surface area contributed by atoms with Crippen molar-refractivity contribution in [3.63, 3.8) is 0 Å². The van der Waals surface area contributed by atoms with Crippen molar-refractivity contribution < 1.29 is 14.4 Å². The molecule has 4 heteroatoms. The second kappa shape index (κ2) is 6.43. The second-order valence-electron chi connectivity index (χ2n) is 3.24. The fourth-order valence-electron chi connectivity index (χ4n) is 1.26. The summed E-state index contributed by atoms with van der Waals surface area (Å²) in [6.45, 7) is 5.72. The topological polar surface area (TPSA) is 47.6 Å². The van der Waals surface area contributed by atoms with Gasteiger partial charge >= 0.3 is 5.97 Å². The Bertz CT molecular complexity index is 211. The van der Waals surface area contributed by atoms with Crippen LogP contribution in [0.25, 0.3) is 0 Å². The minimum Gasteiger partial charge on any atom is -0.468 e. The van der Waals surface area contributed by atoms with Crippen LogP contribution in [0.3, 0.4) is 0 Å². The van der Waals surface area contributed by atoms with Crippen molar-refractivity contribution in [2.75, 3.05) is 14.2 Å². The first-order valence-corrected chi connectivity index (χ1v) is 4.66. The van der Waals surface area contributed by atoms with Crippen molar-refractivity contribution >= 4 is 5.97 Å². The van der Waals surface area contributed by atoms with E-state index in [2.05, 4.69) is 5.48 Å². The molecule has 82 valence electrons. The molecule has 0 radical (unpaired) electrons. The number of carbonyl (C=O) groups excluding carboxylic acids is 1. The highest BCUT2D eigenvalue weighted by molar-refractivity contribution is 5.75. The number of carbonyl (C=O) groups is 1. The molecule has 0 fully saturated rings. The number of ether oxygens (including phenoxy) is 1. The van der Waals surface area contributed by atoms with Gasteiger partial charge in [0.2, 0.25) is 0 Å². The molecular formula is C10H19NO3. The van der Waals surface area contributed by atoms with Crippen LogP contribution in [0.5, 0.6) is 0 Å². The number of rotatable bonds is 5. The van der Waals surface area contributed by atoms with Gasteiger partial charge in [0.25, 0.3) is 0 Å². The maximum atomic E-state index is 11.5. The first-order valence-electron chi connectivity index (χ1n) is 4.66. The summed E-state index contributed by atoms with van der Waals surface area (Å²) in [7, 11) is 3.03. The number of nitrogens with one attached hydrogen (secondary N) is 1. The van der Waals surface area contributed by atoms with Crippen molar-refractivity contribution in [2.45, 2.75) is 20.8 Å². The monoisotopic (exact) mass is 201 g/mol. The van der Waals surface area contributed by atoms with Crippen LogP contribution in [0, 0.1) is 11.8 Å². The zero-order valence-corrected chi connectivity index (χ0v) is 9.46. The van der Waals surface area contributed by atoms with E-state index in [0.29, 0.717) is 5.76 Å². The van der Waals surface area contributed by atoms with E-state index in [1.54, 1.807) is 13.1 Å². The molecule has 0 saturated carbocycles. The molecule has 4 nitrogen and oxygen atoms in total. The normalized spacial score (nSPS) is 14.0. The van der Waals surface area contributed by atoms with Gasteiger partial charge in [0.15, 0.2) is 0 Å². The minimum absolute atomic E-state index is 0.141. The Morgan fingerprint density at radius 3 is 2.29 bits per heavy atom. The Hall–Kier alpha value is -1.03. The van der Waals surface area contributed by atoms with Crippen LogP contribution in [-0.4, -0.2) is 20.1 Å². The number of hydrogen-bond acceptors (Lipinski definition) is 4. The lowest BCUT2D eigenvalue weighted by Gasteiger charge is -2.20. The van der Waals surface area contributed by atoms with Gasteiger partial charge < -0.3 is 9.57 Å². The number of hydroxylamine groups is 1. The summed E-state index contributed by atoms with van der Waals surface area (Å²) >= 11 is 0. The zero-order valence-electron chi connectivity index (χ0n) is 9.46. The predicted molar refractivity (Wildman–Crippen MR) is 54.2 cm³/mol. The van der Waals surface area contributed by atoms with Crippen molar-refractivity contribution in [1.29, 1.82) is 0 Å². The molecule has 1 unspecified atom stereocenters. The van der Waals surface area contributed by atoms with Gasteiger partial charge in [0, 0.05) is 7.05 Å². The maximum Gasteiger partial charge on any atom is 0.316 e. The summed E-state index contributed by atoms with van der Waals surface area (Å²) < 4.78 is 4.72. The molecule has 14 heavy (non-hydrogen) atoms. The van der Waals surface area contributed by atoms with Crippen LogP contribution in [0.1, 0.15) is 20.8 Å². The quantitative estimate of drug-likeness (QED) is 0.416. The van der Waals surface area contributed by atoms with E-state index >= 15 is 0 Å². The second-order valence-corrected chi connectivity index (χ2v) is 3.24. The fourth-order valence-corrected chi connectivity index (χ4v) is 1.26. The van der Waals surface area contributed by atoms with Gasteiger partial charge in [-0.15, -0.1) is 0 Å². The lowest BCUT2D eigenvalue weighted by Crippen LogP contribution is -2.27. The van der Waals surface area contributed by atoms with Crippen LogP contribution in [-0.2, 0) is 14.4 Å². The SMILES string of the molecule is C/C=C(\ONC)C(C(=O)OC)C(C)C. The largest absolute Gasteiger partial charge is 0.468 e. The standard InChI is InChI=1S/C10H19NO3/c1-6-8(14-11-4)9(7(2)3)10(12)13-5/h6-7,9,11H,1-5H3/b8-6-. The maximum absolute atomic E-state index is 11.5. The predicted octanol–water partition coefficient (Wildman–Crippen LogP) is 1.49. The fraction of sp³-hybridized carbons (Fsp3) is 0.700. The van der Waals surface area contributed by atoms with Gasteiger partial charge in [-0.05, 0) is 18.9 Å². The van der Waals surface area contributed by atoms with Gasteiger partial charge in [0.05, 0.1) is 7.11 Å². The van der Waals surface area contributed by atoms with Gasteiger partial charge in [-0.3, -0.25) is 4.79 Å². The molecule has 0 aliphatic rings. The summed E-state index contributed by atoms with van der Waals surface area (Å²) in [5.74, 6) is 0.108. The van der Waals surface area contributed by atoms with Crippen molar-refractivity contribution in [2.24, 2.45) is 11.8 Å². The van der Waals surface area contributed by atoms with Crippen LogP contribution >= 0.6 is 0 Å². The van der Waals surface area contributed by atoms with E-state index in [1.807, 2.05) is 20.8 Å². The lowest BCUT2D eigenvalue weighted by molar-refractivity contribution is -0.147. The Morgan fingerprint density at radius 2 is 2.00 bits per heavy atom. The summed E-state index contributed by atoms with van der Waals surface area (Å²) in [5, 5.41) is 0. The molecule has 0 amide bonds. The first kappa shape index (κ1) is 13.0. The molecule has 1 atom stereocenters. The van der Waals surface area contributed by atoms with Crippen LogP contribution in [0.4, 0.5) is 0 Å². The van der Waals surface area contributed by atoms with Crippen molar-refractivity contribution in [3.8, 4) is 0 Å². The van der Waals surface area contributed by atoms with Crippen LogP contribution in [0.2, 0.25) is 0 Å². The molecule has 1 N–H and O–H groups in total. The molecule has 0 aromatic rings. The highest BCUT2D eigenvalue weighted by Gasteiger charge is 2.28. The third-order valence-electron chi connectivity index (χ3n) is 1.93. The summed E-state index contributed by atoms with van der Waals surface area (Å²) in [5.41, 5.74) is 2.56. The third-order valence-corrected chi connectivity index (χ3v) is 1.93. The zero-order chi connectivity index (χ0) is 11.1. The molecule has 0 heterocycles. The Labute approximate surface area is 85.2 Å². The van der Waals surface area contributed by atoms with E-state index in [4.69, 9.17) is 9.57 Å². The number of esters is 1. The smallest absolute Gasteiger partial charge is 0.316 e. The van der Waals surface area contributed by atoms with Gasteiger partial charge in [-0.25, -0.2) is 0 Å². The Kier molecular flexibility index (Phi) is 5.95. The molecule has 0 aliphatic heterocycles. The van der Waals surface area contributed by atoms with Gasteiger partial charge in [0.1, 0.15) is 11.7 Å². The molecule has 0 aromatic heterocycles. The lowest BCUT2D eigenvalue weighted by atomic mass is 9.94. The Morgan fingerprint density at radius 1 is 1.43 bits per heavy atom. The molecule has 0 aliphatic carbocycles. The summed E-state index contributed by atoms with van der Waals surface area (Å²) in [6.07, 6.45) is 1.76. The average molecular weight is 201 g/mol. The Balaban J connectivity index is 4.70. The molecular weight excluding hydrogens is 182 g/mol. The van der Waals surface area contributed by atoms with Gasteiger partial charge in [-0.1, -0.05) is 13.8 Å². The van der Waals surface area contributed by atoms with E-state index in [1.165, 1.54) is 7.11 Å². The highest BCUT2D eigenvalue weighted by Crippen LogP contribution is 2.22. The highest BCUT2D eigenvalue weighted by atomic mass is 16.6. The third kappa shape index (κ3) is 3.38. The summed E-state index contributed by atoms with van der Waals surface area (Å²) in [6, 6.07) is 0. The molecule has 0 spiro atoms. The molecule has 0 rings (SSSR count). The molecule has 0 aromatic carbocycles. The van der Waals surface area contributed by atoms with E-state index in [0.717, 1.165) is 0 Å². The first-order chi connectivity index (χ1) is 6.58. The van der Waals surface area contributed by atoms with Crippen LogP contribution in [0.15, 0.2) is 11.8 Å². The molecule has 0 bridgehead atoms. The number of methoxy groups -OCH3 is 1.